The summed E-state index contributed by atoms with van der Waals surface area (Å²) in [6.07, 6.45) is 2.08. The molecule has 0 amide bonds. The fraction of sp³-hybridized carbons (Fsp3) is 0.240. The monoisotopic (exact) mass is 415 g/mol. The van der Waals surface area contributed by atoms with Crippen molar-refractivity contribution >= 4 is 6.08 Å². The largest absolute Gasteiger partial charge is 0.497 e. The lowest BCUT2D eigenvalue weighted by atomic mass is 9.80. The molecule has 0 saturated heterocycles. The molecule has 0 aliphatic carbocycles. The predicted octanol–water partition coefficient (Wildman–Crippen LogP) is 3.79. The molecule has 0 aromatic heterocycles. The van der Waals surface area contributed by atoms with Crippen LogP contribution in [0.25, 0.3) is 6.08 Å². The summed E-state index contributed by atoms with van der Waals surface area (Å²) in [6, 6.07) is 17.9. The van der Waals surface area contributed by atoms with Gasteiger partial charge < -0.3 is 19.9 Å². The van der Waals surface area contributed by atoms with Gasteiger partial charge in [0.15, 0.2) is 0 Å². The molecule has 0 fully saturated rings. The van der Waals surface area contributed by atoms with Crippen molar-refractivity contribution in [1.82, 2.24) is 4.90 Å². The van der Waals surface area contributed by atoms with Gasteiger partial charge in [0.2, 0.25) is 5.88 Å². The van der Waals surface area contributed by atoms with Gasteiger partial charge in [-0.1, -0.05) is 24.3 Å². The zero-order valence-electron chi connectivity index (χ0n) is 17.9. The zero-order valence-corrected chi connectivity index (χ0v) is 17.9. The van der Waals surface area contributed by atoms with Crippen molar-refractivity contribution in [2.45, 2.75) is 5.92 Å². The van der Waals surface area contributed by atoms with E-state index in [0.29, 0.717) is 18.7 Å². The minimum Gasteiger partial charge on any atom is -0.497 e. The molecular weight excluding hydrogens is 390 g/mol. The Morgan fingerprint density at radius 2 is 1.81 bits per heavy atom. The molecule has 1 unspecified atom stereocenters. The molecule has 2 aliphatic heterocycles. The van der Waals surface area contributed by atoms with Crippen LogP contribution in [-0.4, -0.2) is 39.3 Å². The molecule has 2 aromatic carbocycles. The molecule has 31 heavy (non-hydrogen) atoms. The maximum Gasteiger partial charge on any atom is 0.205 e. The van der Waals surface area contributed by atoms with Gasteiger partial charge >= 0.3 is 0 Å². The Morgan fingerprint density at radius 1 is 1.10 bits per heavy atom. The predicted molar refractivity (Wildman–Crippen MR) is 119 cm³/mol. The number of benzene rings is 2. The lowest BCUT2D eigenvalue weighted by Gasteiger charge is -2.37. The number of hydrogen-bond donors (Lipinski definition) is 1. The molecule has 2 N–H and O–H groups in total. The van der Waals surface area contributed by atoms with Crippen LogP contribution in [0.3, 0.4) is 0 Å². The van der Waals surface area contributed by atoms with Gasteiger partial charge in [-0.3, -0.25) is 4.90 Å². The van der Waals surface area contributed by atoms with Crippen LogP contribution in [0, 0.1) is 11.3 Å². The van der Waals surface area contributed by atoms with Crippen LogP contribution in [0.2, 0.25) is 0 Å². The maximum atomic E-state index is 9.87. The first kappa shape index (κ1) is 20.6. The normalized spacial score (nSPS) is 20.2. The number of nitrogens with zero attached hydrogens (tertiary/aromatic N) is 2. The Kier molecular flexibility index (Phi) is 5.70. The van der Waals surface area contributed by atoms with Crippen molar-refractivity contribution < 1.29 is 14.2 Å². The van der Waals surface area contributed by atoms with Crippen LogP contribution in [0.15, 0.2) is 76.9 Å². The van der Waals surface area contributed by atoms with Crippen molar-refractivity contribution in [3.63, 3.8) is 0 Å². The molecule has 2 heterocycles. The Bertz CT molecular complexity index is 1140. The summed E-state index contributed by atoms with van der Waals surface area (Å²) in [6.45, 7) is 1.38. The Morgan fingerprint density at radius 3 is 2.52 bits per heavy atom. The minimum absolute atomic E-state index is 0.148. The highest BCUT2D eigenvalue weighted by Crippen LogP contribution is 2.44. The highest BCUT2D eigenvalue weighted by atomic mass is 16.5. The van der Waals surface area contributed by atoms with E-state index in [2.05, 4.69) is 24.1 Å². The average Bonchev–Trinajstić information content (AvgIpc) is 2.79. The molecule has 0 bridgehead atoms. The van der Waals surface area contributed by atoms with E-state index in [1.165, 1.54) is 0 Å². The van der Waals surface area contributed by atoms with Gasteiger partial charge in [-0.15, -0.1) is 0 Å². The summed E-state index contributed by atoms with van der Waals surface area (Å²) in [5.41, 5.74) is 10.6. The van der Waals surface area contributed by atoms with Gasteiger partial charge in [0, 0.05) is 18.7 Å². The third-order valence-electron chi connectivity index (χ3n) is 5.56. The first-order chi connectivity index (χ1) is 15.0. The second kappa shape index (κ2) is 8.58. The number of hydrogen-bond acceptors (Lipinski definition) is 6. The van der Waals surface area contributed by atoms with E-state index in [9.17, 15) is 5.26 Å². The second-order valence-corrected chi connectivity index (χ2v) is 7.67. The smallest absolute Gasteiger partial charge is 0.205 e. The molecule has 6 heteroatoms. The van der Waals surface area contributed by atoms with Gasteiger partial charge in [0.1, 0.15) is 28.9 Å². The van der Waals surface area contributed by atoms with Crippen molar-refractivity contribution in [2.24, 2.45) is 5.73 Å². The molecule has 2 aliphatic rings. The van der Waals surface area contributed by atoms with Crippen molar-refractivity contribution in [1.29, 1.82) is 5.26 Å². The lowest BCUT2D eigenvalue weighted by molar-refractivity contribution is 0.251. The van der Waals surface area contributed by atoms with E-state index in [0.717, 1.165) is 39.5 Å². The summed E-state index contributed by atoms with van der Waals surface area (Å²) in [7, 11) is 5.34. The average molecular weight is 415 g/mol. The summed E-state index contributed by atoms with van der Waals surface area (Å²) in [5, 5.41) is 9.87. The summed E-state index contributed by atoms with van der Waals surface area (Å²) >= 11 is 0. The number of allylic oxidation sites excluding steroid dienone is 1. The van der Waals surface area contributed by atoms with Gasteiger partial charge in [-0.2, -0.15) is 5.26 Å². The SMILES string of the molecule is COc1cccc(C=C2CN(C)CC3=C2OC(N)=C(C#N)C3c2cccc(OC)c2)c1. The maximum absolute atomic E-state index is 9.87. The molecular formula is C25H25N3O3. The highest BCUT2D eigenvalue weighted by Gasteiger charge is 2.37. The number of rotatable bonds is 4. The fourth-order valence-electron chi connectivity index (χ4n) is 4.17. The summed E-state index contributed by atoms with van der Waals surface area (Å²) in [4.78, 5) is 2.21. The molecule has 0 spiro atoms. The van der Waals surface area contributed by atoms with Crippen LogP contribution in [0.5, 0.6) is 11.5 Å². The zero-order chi connectivity index (χ0) is 22.0. The van der Waals surface area contributed by atoms with E-state index in [1.54, 1.807) is 14.2 Å². The number of ether oxygens (including phenoxy) is 3. The van der Waals surface area contributed by atoms with Gasteiger partial charge in [-0.25, -0.2) is 0 Å². The van der Waals surface area contributed by atoms with Crippen LogP contribution < -0.4 is 15.2 Å². The Hall–Kier alpha value is -3.69. The molecule has 1 atom stereocenters. The molecule has 158 valence electrons. The molecule has 6 nitrogen and oxygen atoms in total. The molecule has 0 saturated carbocycles. The first-order valence-corrected chi connectivity index (χ1v) is 10.0. The van der Waals surface area contributed by atoms with Gasteiger partial charge in [0.05, 0.1) is 20.1 Å². The third-order valence-corrected chi connectivity index (χ3v) is 5.56. The number of nitrogens with two attached hydrogens (primary N) is 1. The molecule has 0 radical (unpaired) electrons. The Balaban J connectivity index is 1.86. The lowest BCUT2D eigenvalue weighted by Crippen LogP contribution is -2.35. The summed E-state index contributed by atoms with van der Waals surface area (Å²) < 4.78 is 16.8. The number of methoxy groups -OCH3 is 2. The van der Waals surface area contributed by atoms with E-state index in [-0.39, 0.29) is 11.8 Å². The summed E-state index contributed by atoms with van der Waals surface area (Å²) in [5.74, 6) is 2.12. The van der Waals surface area contributed by atoms with E-state index in [4.69, 9.17) is 19.9 Å². The second-order valence-electron chi connectivity index (χ2n) is 7.67. The van der Waals surface area contributed by atoms with E-state index in [1.807, 2.05) is 48.5 Å². The van der Waals surface area contributed by atoms with Crippen LogP contribution in [0.1, 0.15) is 17.0 Å². The number of likely N-dealkylation sites (N-methyl/N-ethyl adjacent to an activating group) is 1. The van der Waals surface area contributed by atoms with Gasteiger partial charge in [-0.05, 0) is 54.1 Å². The van der Waals surface area contributed by atoms with Crippen molar-refractivity contribution in [3.8, 4) is 17.6 Å². The Labute approximate surface area is 182 Å². The standard InChI is InChI=1S/C25H25N3O3/c1-28-14-18(10-16-6-4-8-19(11-16)29-2)24-22(15-28)23(21(13-26)25(27)31-24)17-7-5-9-20(12-17)30-3/h4-12,23H,14-15,27H2,1-3H3. The first-order valence-electron chi connectivity index (χ1n) is 10.0. The minimum atomic E-state index is -0.291. The number of nitriles is 1. The van der Waals surface area contributed by atoms with Gasteiger partial charge in [0.25, 0.3) is 0 Å². The third kappa shape index (κ3) is 4.00. The van der Waals surface area contributed by atoms with Crippen molar-refractivity contribution in [2.75, 3.05) is 34.4 Å². The molecule has 4 rings (SSSR count). The van der Waals surface area contributed by atoms with E-state index >= 15 is 0 Å². The molecule has 2 aromatic rings. The van der Waals surface area contributed by atoms with Crippen LogP contribution >= 0.6 is 0 Å². The van der Waals surface area contributed by atoms with Crippen LogP contribution in [-0.2, 0) is 4.74 Å². The van der Waals surface area contributed by atoms with Crippen molar-refractivity contribution in [3.05, 3.63) is 88.0 Å². The van der Waals surface area contributed by atoms with Crippen LogP contribution in [0.4, 0.5) is 0 Å². The highest BCUT2D eigenvalue weighted by molar-refractivity contribution is 5.64. The fourth-order valence-corrected chi connectivity index (χ4v) is 4.17. The quantitative estimate of drug-likeness (QED) is 0.818. The topological polar surface area (TPSA) is 80.7 Å². The van der Waals surface area contributed by atoms with E-state index < -0.39 is 0 Å².